The number of nitrogens with zero attached hydrogens (tertiary/aromatic N) is 1. The summed E-state index contributed by atoms with van der Waals surface area (Å²) in [6.45, 7) is 4.52. The van der Waals surface area contributed by atoms with Crippen LogP contribution in [-0.2, 0) is 4.79 Å². The number of carbonyl (C=O) groups is 1. The normalized spacial score (nSPS) is 25.0. The van der Waals surface area contributed by atoms with Crippen LogP contribution in [0.5, 0.6) is 11.5 Å². The number of hydrogen-bond acceptors (Lipinski definition) is 5. The van der Waals surface area contributed by atoms with Gasteiger partial charge in [-0.3, -0.25) is 9.79 Å². The number of fused-ring (bicyclic) bond motifs is 3. The van der Waals surface area contributed by atoms with E-state index in [1.807, 2.05) is 42.5 Å². The van der Waals surface area contributed by atoms with Crippen molar-refractivity contribution in [1.29, 1.82) is 0 Å². The number of Topliss-reactive ketones (excluding diaryl/α,β-unsaturated/α-hetero) is 1. The molecule has 2 aromatic rings. The van der Waals surface area contributed by atoms with Crippen molar-refractivity contribution in [3.05, 3.63) is 48.0 Å². The monoisotopic (exact) mass is 362 g/mol. The molecule has 0 radical (unpaired) electrons. The first-order valence-electron chi connectivity index (χ1n) is 9.35. The molecule has 0 bridgehead atoms. The van der Waals surface area contributed by atoms with Crippen LogP contribution in [0, 0.1) is 11.3 Å². The highest BCUT2D eigenvalue weighted by Crippen LogP contribution is 2.46. The van der Waals surface area contributed by atoms with Gasteiger partial charge in [-0.1, -0.05) is 32.0 Å². The third-order valence-corrected chi connectivity index (χ3v) is 5.59. The molecule has 2 aromatic carbocycles. The van der Waals surface area contributed by atoms with E-state index >= 15 is 0 Å². The minimum Gasteiger partial charge on any atom is -0.454 e. The maximum Gasteiger partial charge on any atom is 0.231 e. The van der Waals surface area contributed by atoms with E-state index in [2.05, 4.69) is 19.2 Å². The summed E-state index contributed by atoms with van der Waals surface area (Å²) in [4.78, 5) is 18.1. The zero-order valence-electron chi connectivity index (χ0n) is 15.5. The van der Waals surface area contributed by atoms with Gasteiger partial charge in [0.15, 0.2) is 11.5 Å². The largest absolute Gasteiger partial charge is 0.454 e. The first kappa shape index (κ1) is 16.4. The molecule has 1 fully saturated rings. The van der Waals surface area contributed by atoms with E-state index < -0.39 is 0 Å². The fourth-order valence-electron chi connectivity index (χ4n) is 4.40. The van der Waals surface area contributed by atoms with Gasteiger partial charge in [-0.25, -0.2) is 0 Å². The Morgan fingerprint density at radius 3 is 2.78 bits per heavy atom. The molecule has 2 aliphatic heterocycles. The van der Waals surface area contributed by atoms with Crippen LogP contribution in [0.15, 0.2) is 47.5 Å². The lowest BCUT2D eigenvalue weighted by Crippen LogP contribution is -2.42. The first-order valence-corrected chi connectivity index (χ1v) is 9.35. The Balaban J connectivity index is 1.64. The van der Waals surface area contributed by atoms with Crippen molar-refractivity contribution in [3.63, 3.8) is 0 Å². The van der Waals surface area contributed by atoms with Gasteiger partial charge in [-0.15, -0.1) is 0 Å². The zero-order chi connectivity index (χ0) is 18.6. The Morgan fingerprint density at radius 1 is 1.07 bits per heavy atom. The first-order chi connectivity index (χ1) is 13.0. The Bertz CT molecular complexity index is 964. The van der Waals surface area contributed by atoms with Gasteiger partial charge < -0.3 is 14.8 Å². The minimum atomic E-state index is -0.272. The highest BCUT2D eigenvalue weighted by atomic mass is 16.7. The van der Waals surface area contributed by atoms with Gasteiger partial charge in [0.2, 0.25) is 6.79 Å². The second-order valence-electron chi connectivity index (χ2n) is 8.32. The van der Waals surface area contributed by atoms with Crippen molar-refractivity contribution in [1.82, 2.24) is 0 Å². The van der Waals surface area contributed by atoms with Crippen LogP contribution in [0.1, 0.15) is 38.3 Å². The average molecular weight is 362 g/mol. The van der Waals surface area contributed by atoms with Crippen LogP contribution in [0.25, 0.3) is 0 Å². The van der Waals surface area contributed by atoms with Crippen molar-refractivity contribution >= 4 is 22.9 Å². The molecule has 0 aromatic heterocycles. The number of para-hydroxylation sites is 2. The third-order valence-electron chi connectivity index (χ3n) is 5.59. The summed E-state index contributed by atoms with van der Waals surface area (Å²) in [5.74, 6) is 1.45. The molecule has 27 heavy (non-hydrogen) atoms. The molecule has 1 unspecified atom stereocenters. The molecule has 5 heteroatoms. The molecule has 138 valence electrons. The number of anilines is 1. The lowest BCUT2D eigenvalue weighted by atomic mass is 9.68. The summed E-state index contributed by atoms with van der Waals surface area (Å²) < 4.78 is 11.0. The summed E-state index contributed by atoms with van der Waals surface area (Å²) in [6, 6.07) is 13.7. The average Bonchev–Trinajstić information content (AvgIpc) is 3.01. The summed E-state index contributed by atoms with van der Waals surface area (Å²) in [5, 5.41) is 3.59. The minimum absolute atomic E-state index is 0.0643. The smallest absolute Gasteiger partial charge is 0.231 e. The molecule has 2 heterocycles. The van der Waals surface area contributed by atoms with Gasteiger partial charge in [0, 0.05) is 12.1 Å². The second kappa shape index (κ2) is 5.84. The van der Waals surface area contributed by atoms with Gasteiger partial charge in [0.1, 0.15) is 5.78 Å². The van der Waals surface area contributed by atoms with Crippen molar-refractivity contribution in [2.75, 3.05) is 12.1 Å². The Labute approximate surface area is 158 Å². The predicted octanol–water partition coefficient (Wildman–Crippen LogP) is 4.66. The van der Waals surface area contributed by atoms with Crippen LogP contribution in [0.2, 0.25) is 0 Å². The maximum absolute atomic E-state index is 13.2. The number of aliphatic imine (C=N–C) groups is 1. The lowest BCUT2D eigenvalue weighted by Gasteiger charge is -2.37. The molecule has 5 nitrogen and oxygen atoms in total. The number of rotatable bonds is 1. The van der Waals surface area contributed by atoms with Crippen LogP contribution >= 0.6 is 0 Å². The van der Waals surface area contributed by atoms with E-state index in [0.717, 1.165) is 40.6 Å². The van der Waals surface area contributed by atoms with Gasteiger partial charge in [-0.05, 0) is 41.7 Å². The third kappa shape index (κ3) is 2.78. The summed E-state index contributed by atoms with van der Waals surface area (Å²) in [5.41, 5.74) is 3.77. The molecule has 1 N–H and O–H groups in total. The Kier molecular flexibility index (Phi) is 3.54. The van der Waals surface area contributed by atoms with E-state index in [0.29, 0.717) is 6.42 Å². The van der Waals surface area contributed by atoms with E-state index in [1.165, 1.54) is 0 Å². The van der Waals surface area contributed by atoms with Gasteiger partial charge in [0.25, 0.3) is 0 Å². The number of ketones is 1. The topological polar surface area (TPSA) is 59.9 Å². The van der Waals surface area contributed by atoms with Crippen LogP contribution < -0.4 is 14.8 Å². The Morgan fingerprint density at radius 2 is 1.89 bits per heavy atom. The number of ether oxygens (including phenoxy) is 2. The van der Waals surface area contributed by atoms with Gasteiger partial charge >= 0.3 is 0 Å². The summed E-state index contributed by atoms with van der Waals surface area (Å²) in [7, 11) is 0. The molecule has 1 saturated carbocycles. The Hall–Kier alpha value is -2.82. The molecule has 3 aliphatic rings. The molecule has 0 spiro atoms. The quantitative estimate of drug-likeness (QED) is 0.801. The fraction of sp³-hybridized carbons (Fsp3) is 0.364. The standard InChI is InChI=1S/C22H22N2O3/c1-22(2)10-16-20(17(25)11-22)21(24-15-6-4-3-5-14(15)23-16)13-7-8-18-19(9-13)27-12-26-18/h3-9,20-21,24H,10-12H2,1-2H3/t20?,21-/m1/s1. The van der Waals surface area contributed by atoms with Crippen molar-refractivity contribution in [2.24, 2.45) is 16.3 Å². The number of nitrogens with one attached hydrogen (secondary N) is 1. The van der Waals surface area contributed by atoms with Crippen molar-refractivity contribution in [3.8, 4) is 11.5 Å². The number of carbonyl (C=O) groups excluding carboxylic acids is 1. The molecular weight excluding hydrogens is 340 g/mol. The van der Waals surface area contributed by atoms with E-state index in [9.17, 15) is 4.79 Å². The van der Waals surface area contributed by atoms with Crippen LogP contribution in [0.3, 0.4) is 0 Å². The summed E-state index contributed by atoms with van der Waals surface area (Å²) >= 11 is 0. The zero-order valence-corrected chi connectivity index (χ0v) is 15.5. The summed E-state index contributed by atoms with van der Waals surface area (Å²) in [6.07, 6.45) is 1.39. The molecule has 1 aliphatic carbocycles. The second-order valence-corrected chi connectivity index (χ2v) is 8.32. The highest BCUT2D eigenvalue weighted by Gasteiger charge is 2.44. The van der Waals surface area contributed by atoms with Crippen LogP contribution in [-0.4, -0.2) is 18.3 Å². The van der Waals surface area contributed by atoms with Crippen LogP contribution in [0.4, 0.5) is 11.4 Å². The number of benzene rings is 2. The SMILES string of the molecule is CC1(C)CC(=O)C2C(=Nc3ccccc3N[C@@H]2c2ccc3c(c2)OCO3)C1. The van der Waals surface area contributed by atoms with E-state index in [1.54, 1.807) is 0 Å². The molecule has 0 saturated heterocycles. The van der Waals surface area contributed by atoms with E-state index in [-0.39, 0.29) is 30.0 Å². The van der Waals surface area contributed by atoms with E-state index in [4.69, 9.17) is 14.5 Å². The van der Waals surface area contributed by atoms with Gasteiger partial charge in [0.05, 0.1) is 23.3 Å². The molecule has 5 rings (SSSR count). The molecule has 2 atom stereocenters. The molecular formula is C22H22N2O3. The number of hydrogen-bond donors (Lipinski definition) is 1. The predicted molar refractivity (Wildman–Crippen MR) is 104 cm³/mol. The lowest BCUT2D eigenvalue weighted by molar-refractivity contribution is -0.124. The maximum atomic E-state index is 13.2. The highest BCUT2D eigenvalue weighted by molar-refractivity contribution is 6.10. The molecule has 0 amide bonds. The fourth-order valence-corrected chi connectivity index (χ4v) is 4.40. The van der Waals surface area contributed by atoms with Gasteiger partial charge in [-0.2, -0.15) is 0 Å². The van der Waals surface area contributed by atoms with Crippen molar-refractivity contribution < 1.29 is 14.3 Å². The van der Waals surface area contributed by atoms with Crippen molar-refractivity contribution in [2.45, 2.75) is 32.7 Å².